The Balaban J connectivity index is 0.00000107. The van der Waals surface area contributed by atoms with Gasteiger partial charge in [-0.25, -0.2) is 0 Å². The van der Waals surface area contributed by atoms with Gasteiger partial charge in [0.15, 0.2) is 0 Å². The Kier molecular flexibility index (Phi) is 10.1. The zero-order valence-corrected chi connectivity index (χ0v) is 17.8. The van der Waals surface area contributed by atoms with Crippen molar-refractivity contribution in [2.24, 2.45) is 0 Å². The smallest absolute Gasteiger partial charge is 0.304 e. The van der Waals surface area contributed by atoms with Crippen molar-refractivity contribution in [3.63, 3.8) is 0 Å². The molecule has 0 saturated carbocycles. The van der Waals surface area contributed by atoms with Gasteiger partial charge in [0.25, 0.3) is 6.47 Å². The third-order valence-corrected chi connectivity index (χ3v) is 4.98. The summed E-state index contributed by atoms with van der Waals surface area (Å²) in [7, 11) is 0. The molecule has 0 aliphatic carbocycles. The van der Waals surface area contributed by atoms with Crippen molar-refractivity contribution in [3.8, 4) is 17.6 Å². The first-order valence-corrected chi connectivity index (χ1v) is 10.3. The molecular weight excluding hydrogens is 394 g/mol. The van der Waals surface area contributed by atoms with Gasteiger partial charge in [-0.1, -0.05) is 42.3 Å². The van der Waals surface area contributed by atoms with Crippen LogP contribution in [0.2, 0.25) is 0 Å². The van der Waals surface area contributed by atoms with E-state index in [0.717, 1.165) is 23.4 Å². The fourth-order valence-corrected chi connectivity index (χ4v) is 3.58. The quantitative estimate of drug-likeness (QED) is 0.490. The van der Waals surface area contributed by atoms with Crippen molar-refractivity contribution >= 4 is 12.4 Å². The molecule has 0 bridgehead atoms. The monoisotopic (exact) mass is 423 g/mol. The van der Waals surface area contributed by atoms with Crippen LogP contribution in [0.25, 0.3) is 0 Å². The van der Waals surface area contributed by atoms with E-state index in [1.54, 1.807) is 6.92 Å². The zero-order valence-electron chi connectivity index (χ0n) is 17.8. The molecule has 1 aliphatic rings. The van der Waals surface area contributed by atoms with Crippen molar-refractivity contribution in [2.75, 3.05) is 13.1 Å². The summed E-state index contributed by atoms with van der Waals surface area (Å²) < 4.78 is 5.93. The summed E-state index contributed by atoms with van der Waals surface area (Å²) in [5.41, 5.74) is 3.38. The molecule has 6 nitrogen and oxygen atoms in total. The predicted molar refractivity (Wildman–Crippen MR) is 119 cm³/mol. The number of aliphatic carboxylic acids is 1. The minimum Gasteiger partial charge on any atom is -0.489 e. The lowest BCUT2D eigenvalue weighted by atomic mass is 9.96. The third-order valence-electron chi connectivity index (χ3n) is 4.98. The minimum atomic E-state index is -0.845. The molecule has 0 radical (unpaired) electrons. The normalized spacial score (nSPS) is 13.8. The van der Waals surface area contributed by atoms with Gasteiger partial charge in [-0.05, 0) is 61.7 Å². The molecule has 1 fully saturated rings. The second kappa shape index (κ2) is 13.1. The summed E-state index contributed by atoms with van der Waals surface area (Å²) in [6.45, 7) is 5.38. The summed E-state index contributed by atoms with van der Waals surface area (Å²) in [6, 6.07) is 16.1. The van der Waals surface area contributed by atoms with Gasteiger partial charge < -0.3 is 14.9 Å². The fourth-order valence-electron chi connectivity index (χ4n) is 3.58. The number of carbonyl (C=O) groups is 2. The molecule has 2 aromatic rings. The zero-order chi connectivity index (χ0) is 22.5. The molecule has 31 heavy (non-hydrogen) atoms. The van der Waals surface area contributed by atoms with Gasteiger partial charge in [0, 0.05) is 6.54 Å². The summed E-state index contributed by atoms with van der Waals surface area (Å²) in [5.74, 6) is 5.42. The maximum Gasteiger partial charge on any atom is 0.304 e. The number of hydrogen-bond acceptors (Lipinski definition) is 4. The average molecular weight is 424 g/mol. The van der Waals surface area contributed by atoms with E-state index >= 15 is 0 Å². The van der Waals surface area contributed by atoms with Crippen LogP contribution in [0, 0.1) is 11.8 Å². The van der Waals surface area contributed by atoms with Crippen LogP contribution in [0.5, 0.6) is 5.75 Å². The lowest BCUT2D eigenvalue weighted by Crippen LogP contribution is -2.18. The number of ether oxygens (including phenoxy) is 1. The van der Waals surface area contributed by atoms with Crippen LogP contribution in [-0.2, 0) is 22.7 Å². The molecule has 0 aromatic heterocycles. The van der Waals surface area contributed by atoms with Crippen LogP contribution < -0.4 is 4.74 Å². The maximum absolute atomic E-state index is 11.0. The maximum atomic E-state index is 11.0. The Labute approximate surface area is 183 Å². The number of nitrogens with zero attached hydrogens (tertiary/aromatic N) is 1. The van der Waals surface area contributed by atoms with E-state index in [9.17, 15) is 4.79 Å². The molecule has 2 aromatic carbocycles. The van der Waals surface area contributed by atoms with Crippen LogP contribution in [0.1, 0.15) is 48.8 Å². The number of rotatable bonds is 8. The molecule has 1 unspecified atom stereocenters. The van der Waals surface area contributed by atoms with Crippen LogP contribution >= 0.6 is 0 Å². The van der Waals surface area contributed by atoms with Crippen molar-refractivity contribution in [2.45, 2.75) is 45.3 Å². The summed E-state index contributed by atoms with van der Waals surface area (Å²) in [6.07, 6.45) is 2.61. The summed E-state index contributed by atoms with van der Waals surface area (Å²) >= 11 is 0. The molecule has 1 atom stereocenters. The third kappa shape index (κ3) is 8.53. The first-order chi connectivity index (χ1) is 15.0. The second-order valence-electron chi connectivity index (χ2n) is 7.31. The van der Waals surface area contributed by atoms with E-state index in [0.29, 0.717) is 6.61 Å². The first kappa shape index (κ1) is 24.0. The van der Waals surface area contributed by atoms with Gasteiger partial charge in [0.1, 0.15) is 12.4 Å². The van der Waals surface area contributed by atoms with Gasteiger partial charge in [-0.3, -0.25) is 14.5 Å². The molecule has 2 N–H and O–H groups in total. The van der Waals surface area contributed by atoms with Crippen molar-refractivity contribution in [3.05, 3.63) is 65.2 Å². The van der Waals surface area contributed by atoms with Gasteiger partial charge in [0.2, 0.25) is 0 Å². The van der Waals surface area contributed by atoms with E-state index < -0.39 is 5.97 Å². The highest BCUT2D eigenvalue weighted by Crippen LogP contribution is 2.23. The van der Waals surface area contributed by atoms with Gasteiger partial charge in [-0.15, -0.1) is 5.92 Å². The van der Waals surface area contributed by atoms with Crippen LogP contribution in [0.4, 0.5) is 0 Å². The molecule has 0 spiro atoms. The van der Waals surface area contributed by atoms with E-state index in [-0.39, 0.29) is 18.8 Å². The van der Waals surface area contributed by atoms with E-state index in [1.807, 2.05) is 24.3 Å². The Hall–Kier alpha value is -3.30. The first-order valence-electron chi connectivity index (χ1n) is 10.3. The van der Waals surface area contributed by atoms with Gasteiger partial charge in [0.05, 0.1) is 12.3 Å². The molecule has 1 saturated heterocycles. The number of benzene rings is 2. The second-order valence-corrected chi connectivity index (χ2v) is 7.31. The predicted octanol–water partition coefficient (Wildman–Crippen LogP) is 4.14. The molecule has 164 valence electrons. The molecule has 0 amide bonds. The molecular formula is C25H29NO5. The van der Waals surface area contributed by atoms with Crippen LogP contribution in [0.15, 0.2) is 48.5 Å². The Morgan fingerprint density at radius 2 is 1.81 bits per heavy atom. The minimum absolute atomic E-state index is 0.00482. The van der Waals surface area contributed by atoms with Crippen molar-refractivity contribution in [1.82, 2.24) is 4.90 Å². The Bertz CT molecular complexity index is 892. The number of carboxylic acid groups (broad SMARTS) is 2. The van der Waals surface area contributed by atoms with Crippen LogP contribution in [0.3, 0.4) is 0 Å². The summed E-state index contributed by atoms with van der Waals surface area (Å²) in [4.78, 5) is 21.9. The Morgan fingerprint density at radius 3 is 2.42 bits per heavy atom. The summed E-state index contributed by atoms with van der Waals surface area (Å²) in [5, 5.41) is 15.9. The van der Waals surface area contributed by atoms with E-state index in [2.05, 4.69) is 41.0 Å². The van der Waals surface area contributed by atoms with Crippen molar-refractivity contribution in [1.29, 1.82) is 0 Å². The van der Waals surface area contributed by atoms with E-state index in [1.165, 1.54) is 31.5 Å². The fraction of sp³-hybridized carbons (Fsp3) is 0.360. The number of hydrogen-bond donors (Lipinski definition) is 2. The standard InChI is InChI=1S/C24H27NO3.CH2O2/c1-2-6-22(16-24(26)27)21-9-11-23(12-10-21)28-18-20-8-5-7-19(15-20)17-25-13-3-4-14-25;2-1-3/h5,7-12,15,22H,3-4,13-14,16-18H2,1H3,(H,26,27);1H,(H,2,3). The molecule has 3 rings (SSSR count). The average Bonchev–Trinajstić information content (AvgIpc) is 3.26. The van der Waals surface area contributed by atoms with Gasteiger partial charge in [-0.2, -0.15) is 0 Å². The molecule has 6 heteroatoms. The SMILES string of the molecule is CC#CC(CC(=O)O)c1ccc(OCc2cccc(CN3CCCC3)c2)cc1.O=CO. The van der Waals surface area contributed by atoms with Gasteiger partial charge >= 0.3 is 5.97 Å². The highest BCUT2D eigenvalue weighted by molar-refractivity contribution is 5.69. The molecule has 1 aliphatic heterocycles. The lowest BCUT2D eigenvalue weighted by molar-refractivity contribution is -0.137. The highest BCUT2D eigenvalue weighted by Gasteiger charge is 2.13. The number of likely N-dealkylation sites (tertiary alicyclic amines) is 1. The van der Waals surface area contributed by atoms with Crippen molar-refractivity contribution < 1.29 is 24.5 Å². The largest absolute Gasteiger partial charge is 0.489 e. The topological polar surface area (TPSA) is 87.1 Å². The number of carboxylic acids is 1. The van der Waals surface area contributed by atoms with Crippen LogP contribution in [-0.4, -0.2) is 40.6 Å². The lowest BCUT2D eigenvalue weighted by Gasteiger charge is -2.15. The highest BCUT2D eigenvalue weighted by atomic mass is 16.5. The Morgan fingerprint density at radius 1 is 1.16 bits per heavy atom. The molecule has 1 heterocycles. The van der Waals surface area contributed by atoms with E-state index in [4.69, 9.17) is 19.7 Å².